The maximum atomic E-state index is 13.1. The number of amides is 1. The molecule has 0 saturated carbocycles. The van der Waals surface area contributed by atoms with Gasteiger partial charge in [0, 0.05) is 24.9 Å². The van der Waals surface area contributed by atoms with Gasteiger partial charge in [-0.1, -0.05) is 30.3 Å². The van der Waals surface area contributed by atoms with Gasteiger partial charge in [0.25, 0.3) is 0 Å². The van der Waals surface area contributed by atoms with E-state index < -0.39 is 0 Å². The van der Waals surface area contributed by atoms with E-state index in [2.05, 4.69) is 10.6 Å². The fraction of sp³-hybridized carbons (Fsp3) is 0.259. The molecule has 34 heavy (non-hydrogen) atoms. The number of methoxy groups -OCH3 is 2. The van der Waals surface area contributed by atoms with E-state index >= 15 is 0 Å². The smallest absolute Gasteiger partial charge is 0.227 e. The van der Waals surface area contributed by atoms with Gasteiger partial charge in [-0.15, -0.1) is 0 Å². The Kier molecular flexibility index (Phi) is 6.08. The number of aromatic nitrogens is 2. The van der Waals surface area contributed by atoms with Crippen LogP contribution in [0.15, 0.2) is 72.8 Å². The summed E-state index contributed by atoms with van der Waals surface area (Å²) in [6.07, 6.45) is 0.378. The summed E-state index contributed by atoms with van der Waals surface area (Å²) in [5, 5.41) is 0. The lowest BCUT2D eigenvalue weighted by atomic mass is 10.1. The van der Waals surface area contributed by atoms with E-state index in [4.69, 9.17) is 19.2 Å². The van der Waals surface area contributed by atoms with Crippen molar-refractivity contribution in [2.45, 2.75) is 18.9 Å². The topological polar surface area (TPSA) is 65.8 Å². The molecule has 7 nitrogen and oxygen atoms in total. The molecule has 0 spiro atoms. The predicted molar refractivity (Wildman–Crippen MR) is 131 cm³/mol. The number of ether oxygens (including phenoxy) is 3. The van der Waals surface area contributed by atoms with Crippen molar-refractivity contribution in [3.8, 4) is 17.2 Å². The maximum Gasteiger partial charge on any atom is 0.227 e. The molecule has 1 aliphatic heterocycles. The highest BCUT2D eigenvalue weighted by atomic mass is 16.5. The molecule has 0 N–H and O–H groups in total. The fourth-order valence-corrected chi connectivity index (χ4v) is 4.53. The van der Waals surface area contributed by atoms with Crippen LogP contribution in [0.1, 0.15) is 18.2 Å². The van der Waals surface area contributed by atoms with Crippen molar-refractivity contribution >= 4 is 22.6 Å². The van der Waals surface area contributed by atoms with Crippen molar-refractivity contribution in [3.63, 3.8) is 0 Å². The molecule has 0 aliphatic carbocycles. The second-order valence-electron chi connectivity index (χ2n) is 8.22. The molecule has 5 rings (SSSR count). The van der Waals surface area contributed by atoms with E-state index in [1.807, 2.05) is 66.7 Å². The molecule has 2 heterocycles. The zero-order valence-electron chi connectivity index (χ0n) is 19.3. The minimum absolute atomic E-state index is 0.0377. The Morgan fingerprint density at radius 1 is 0.941 bits per heavy atom. The molecular weight excluding hydrogens is 430 g/mol. The molecule has 7 heteroatoms. The molecule has 1 aliphatic rings. The van der Waals surface area contributed by atoms with Crippen LogP contribution in [0.25, 0.3) is 11.0 Å². The van der Waals surface area contributed by atoms with E-state index in [0.717, 1.165) is 22.6 Å². The average molecular weight is 458 g/mol. The first-order valence-corrected chi connectivity index (χ1v) is 11.3. The quantitative estimate of drug-likeness (QED) is 0.385. The number of carbonyl (C=O) groups excluding carboxylic acids is 1. The lowest BCUT2D eigenvalue weighted by Crippen LogP contribution is -2.25. The zero-order valence-corrected chi connectivity index (χ0v) is 19.3. The highest BCUT2D eigenvalue weighted by molar-refractivity contribution is 5.98. The Bertz CT molecular complexity index is 1300. The van der Waals surface area contributed by atoms with Crippen molar-refractivity contribution in [3.05, 3.63) is 78.6 Å². The van der Waals surface area contributed by atoms with Gasteiger partial charge in [-0.05, 0) is 36.4 Å². The van der Waals surface area contributed by atoms with E-state index in [1.54, 1.807) is 19.1 Å². The third kappa shape index (κ3) is 4.17. The molecular formula is C27H27N3O4. The summed E-state index contributed by atoms with van der Waals surface area (Å²) < 4.78 is 19.0. The summed E-state index contributed by atoms with van der Waals surface area (Å²) in [6.45, 7) is 1.66. The molecule has 1 amide bonds. The Labute approximate surface area is 198 Å². The lowest BCUT2D eigenvalue weighted by Gasteiger charge is -2.20. The summed E-state index contributed by atoms with van der Waals surface area (Å²) >= 11 is 0. The largest absolute Gasteiger partial charge is 0.497 e. The first kappa shape index (κ1) is 21.8. The summed E-state index contributed by atoms with van der Waals surface area (Å²) in [7, 11) is 3.22. The number of imidazole rings is 1. The normalized spacial score (nSPS) is 15.6. The standard InChI is InChI=1S/C27H27N3O4/c1-32-21-12-13-25(33-2)24(17-21)30-18-19(16-26(30)31)27-28-22-10-6-7-11-23(22)29(27)14-15-34-20-8-4-3-5-9-20/h3-13,17,19H,14-16,18H2,1-2H3/t19-/m1/s1. The van der Waals surface area contributed by atoms with Crippen molar-refractivity contribution in [1.29, 1.82) is 0 Å². The van der Waals surface area contributed by atoms with Crippen LogP contribution in [0, 0.1) is 0 Å². The molecule has 0 bridgehead atoms. The molecule has 1 aromatic heterocycles. The van der Waals surface area contributed by atoms with E-state index in [9.17, 15) is 4.79 Å². The third-order valence-corrected chi connectivity index (χ3v) is 6.18. The van der Waals surface area contributed by atoms with Gasteiger partial charge < -0.3 is 23.7 Å². The first-order chi connectivity index (χ1) is 16.7. The first-order valence-electron chi connectivity index (χ1n) is 11.3. The van der Waals surface area contributed by atoms with Crippen LogP contribution in [-0.4, -0.2) is 42.8 Å². The van der Waals surface area contributed by atoms with Crippen molar-refractivity contribution in [2.75, 3.05) is 32.3 Å². The number of para-hydroxylation sites is 3. The molecule has 1 atom stereocenters. The monoisotopic (exact) mass is 457 g/mol. The maximum absolute atomic E-state index is 13.1. The number of rotatable bonds is 8. The van der Waals surface area contributed by atoms with Crippen LogP contribution < -0.4 is 19.1 Å². The molecule has 1 saturated heterocycles. The van der Waals surface area contributed by atoms with Gasteiger partial charge in [-0.3, -0.25) is 4.79 Å². The van der Waals surface area contributed by atoms with Crippen LogP contribution in [0.2, 0.25) is 0 Å². The van der Waals surface area contributed by atoms with Crippen molar-refractivity contribution in [2.24, 2.45) is 0 Å². The van der Waals surface area contributed by atoms with Crippen LogP contribution in [0.3, 0.4) is 0 Å². The van der Waals surface area contributed by atoms with Crippen molar-refractivity contribution in [1.82, 2.24) is 9.55 Å². The van der Waals surface area contributed by atoms with Gasteiger partial charge in [-0.25, -0.2) is 4.98 Å². The predicted octanol–water partition coefficient (Wildman–Crippen LogP) is 4.65. The number of fused-ring (bicyclic) bond motifs is 1. The number of carbonyl (C=O) groups is 1. The number of anilines is 1. The Morgan fingerprint density at radius 3 is 2.53 bits per heavy atom. The van der Waals surface area contributed by atoms with Gasteiger partial charge >= 0.3 is 0 Å². The zero-order chi connectivity index (χ0) is 23.5. The van der Waals surface area contributed by atoms with Crippen LogP contribution in [0.5, 0.6) is 17.2 Å². The van der Waals surface area contributed by atoms with Crippen LogP contribution in [0.4, 0.5) is 5.69 Å². The molecule has 0 unspecified atom stereocenters. The fourth-order valence-electron chi connectivity index (χ4n) is 4.53. The Balaban J connectivity index is 1.43. The number of benzene rings is 3. The van der Waals surface area contributed by atoms with Crippen molar-refractivity contribution < 1.29 is 19.0 Å². The van der Waals surface area contributed by atoms with Crippen LogP contribution in [-0.2, 0) is 11.3 Å². The minimum atomic E-state index is -0.0486. The molecule has 4 aromatic rings. The summed E-state index contributed by atoms with van der Waals surface area (Å²) in [5.41, 5.74) is 2.67. The van der Waals surface area contributed by atoms with Gasteiger partial charge in [0.05, 0.1) is 37.5 Å². The van der Waals surface area contributed by atoms with E-state index in [0.29, 0.717) is 43.3 Å². The molecule has 174 valence electrons. The third-order valence-electron chi connectivity index (χ3n) is 6.18. The lowest BCUT2D eigenvalue weighted by molar-refractivity contribution is -0.117. The Morgan fingerprint density at radius 2 is 1.74 bits per heavy atom. The number of nitrogens with zero attached hydrogens (tertiary/aromatic N) is 3. The highest BCUT2D eigenvalue weighted by Gasteiger charge is 2.36. The van der Waals surface area contributed by atoms with Gasteiger partial charge in [0.1, 0.15) is 29.7 Å². The average Bonchev–Trinajstić information content (AvgIpc) is 3.44. The summed E-state index contributed by atoms with van der Waals surface area (Å²) in [5.74, 6) is 3.04. The molecule has 1 fully saturated rings. The van der Waals surface area contributed by atoms with Gasteiger partial charge in [-0.2, -0.15) is 0 Å². The van der Waals surface area contributed by atoms with Gasteiger partial charge in [0.2, 0.25) is 5.91 Å². The highest BCUT2D eigenvalue weighted by Crippen LogP contribution is 2.39. The number of hydrogen-bond acceptors (Lipinski definition) is 5. The molecule has 3 aromatic carbocycles. The summed E-state index contributed by atoms with van der Waals surface area (Å²) in [4.78, 5) is 19.8. The number of hydrogen-bond donors (Lipinski definition) is 0. The van der Waals surface area contributed by atoms with Gasteiger partial charge in [0.15, 0.2) is 0 Å². The SMILES string of the molecule is COc1ccc(OC)c(N2C[C@H](c3nc4ccccc4n3CCOc3ccccc3)CC2=O)c1. The molecule has 0 radical (unpaired) electrons. The van der Waals surface area contributed by atoms with E-state index in [-0.39, 0.29) is 11.8 Å². The second-order valence-corrected chi connectivity index (χ2v) is 8.22. The second kappa shape index (κ2) is 9.47. The van der Waals surface area contributed by atoms with E-state index in [1.165, 1.54) is 0 Å². The summed E-state index contributed by atoms with van der Waals surface area (Å²) in [6, 6.07) is 23.3. The minimum Gasteiger partial charge on any atom is -0.497 e. The Hall–Kier alpha value is -4.00. The van der Waals surface area contributed by atoms with Crippen LogP contribution >= 0.6 is 0 Å².